The van der Waals surface area contributed by atoms with E-state index in [-0.39, 0.29) is 24.9 Å². The molecule has 1 aliphatic rings. The van der Waals surface area contributed by atoms with E-state index >= 15 is 0 Å². The summed E-state index contributed by atoms with van der Waals surface area (Å²) in [5.74, 6) is 1.02. The molecule has 1 amide bonds. The fourth-order valence-corrected chi connectivity index (χ4v) is 3.80. The van der Waals surface area contributed by atoms with Crippen LogP contribution in [0.5, 0.6) is 0 Å². The normalized spacial score (nSPS) is 13.9. The number of thiophene rings is 1. The van der Waals surface area contributed by atoms with E-state index in [1.54, 1.807) is 16.2 Å². The third-order valence-electron chi connectivity index (χ3n) is 4.66. The molecule has 0 atom stereocenters. The molecule has 0 aliphatic carbocycles. The Hall–Kier alpha value is -2.93. The van der Waals surface area contributed by atoms with E-state index < -0.39 is 0 Å². The summed E-state index contributed by atoms with van der Waals surface area (Å²) in [5.41, 5.74) is 2.34. The quantitative estimate of drug-likeness (QED) is 0.586. The number of aromatic nitrogens is 1. The number of amides is 1. The van der Waals surface area contributed by atoms with Crippen molar-refractivity contribution in [3.8, 4) is 10.8 Å². The van der Waals surface area contributed by atoms with Crippen molar-refractivity contribution in [2.45, 2.75) is 32.8 Å². The molecule has 2 aromatic heterocycles. The Morgan fingerprint density at radius 1 is 1.29 bits per heavy atom. The van der Waals surface area contributed by atoms with Crippen molar-refractivity contribution in [3.63, 3.8) is 0 Å². The number of carbonyl (C=O) groups is 2. The van der Waals surface area contributed by atoms with E-state index in [1.165, 1.54) is 0 Å². The first-order chi connectivity index (χ1) is 13.6. The number of benzene rings is 1. The standard InChI is InChI=1S/C21H20N2O4S/c1-14-17(22-21(27-14)18-4-3-11-28-18)13-26-20(25)12-15-6-8-16(9-7-15)23-10-2-5-19(23)24/h3-4,6-9,11H,2,5,10,12-13H2,1H3. The van der Waals surface area contributed by atoms with E-state index in [4.69, 9.17) is 9.15 Å². The Bertz CT molecular complexity index is 977. The van der Waals surface area contributed by atoms with Crippen molar-refractivity contribution in [2.75, 3.05) is 11.4 Å². The Kier molecular flexibility index (Phi) is 5.25. The molecular formula is C21H20N2O4S. The highest BCUT2D eigenvalue weighted by molar-refractivity contribution is 7.13. The maximum Gasteiger partial charge on any atom is 0.310 e. The van der Waals surface area contributed by atoms with E-state index in [2.05, 4.69) is 4.98 Å². The minimum absolute atomic E-state index is 0.0832. The van der Waals surface area contributed by atoms with E-state index in [0.29, 0.717) is 23.8 Å². The van der Waals surface area contributed by atoms with E-state index in [1.807, 2.05) is 48.7 Å². The molecule has 7 heteroatoms. The van der Waals surface area contributed by atoms with Gasteiger partial charge < -0.3 is 14.1 Å². The van der Waals surface area contributed by atoms with Crippen molar-refractivity contribution >= 4 is 28.9 Å². The van der Waals surface area contributed by atoms with Crippen molar-refractivity contribution in [3.05, 3.63) is 58.8 Å². The molecule has 0 bridgehead atoms. The highest BCUT2D eigenvalue weighted by Gasteiger charge is 2.21. The Morgan fingerprint density at radius 2 is 2.11 bits per heavy atom. The Morgan fingerprint density at radius 3 is 2.79 bits per heavy atom. The van der Waals surface area contributed by atoms with E-state index in [9.17, 15) is 9.59 Å². The first-order valence-electron chi connectivity index (χ1n) is 9.15. The molecule has 0 unspecified atom stereocenters. The fourth-order valence-electron chi connectivity index (χ4n) is 3.15. The number of oxazole rings is 1. The second-order valence-electron chi connectivity index (χ2n) is 6.65. The molecule has 28 heavy (non-hydrogen) atoms. The Labute approximate surface area is 166 Å². The number of esters is 1. The van der Waals surface area contributed by atoms with Gasteiger partial charge in [-0.1, -0.05) is 18.2 Å². The van der Waals surface area contributed by atoms with Gasteiger partial charge in [0.1, 0.15) is 18.1 Å². The van der Waals surface area contributed by atoms with Gasteiger partial charge in [0.2, 0.25) is 11.8 Å². The summed E-state index contributed by atoms with van der Waals surface area (Å²) in [7, 11) is 0. The summed E-state index contributed by atoms with van der Waals surface area (Å²) in [6.07, 6.45) is 1.66. The highest BCUT2D eigenvalue weighted by Crippen LogP contribution is 2.26. The minimum atomic E-state index is -0.329. The zero-order valence-corrected chi connectivity index (χ0v) is 16.3. The SMILES string of the molecule is Cc1oc(-c2cccs2)nc1COC(=O)Cc1ccc(N2CCCC2=O)cc1. The van der Waals surface area contributed by atoms with Crippen LogP contribution in [0.4, 0.5) is 5.69 Å². The topological polar surface area (TPSA) is 72.6 Å². The van der Waals surface area contributed by atoms with Crippen molar-refractivity contribution in [2.24, 2.45) is 0 Å². The first kappa shape index (κ1) is 18.4. The fraction of sp³-hybridized carbons (Fsp3) is 0.286. The molecule has 0 spiro atoms. The second-order valence-corrected chi connectivity index (χ2v) is 7.60. The van der Waals surface area contributed by atoms with Gasteiger partial charge in [-0.05, 0) is 42.5 Å². The maximum atomic E-state index is 12.2. The summed E-state index contributed by atoms with van der Waals surface area (Å²) in [5, 5.41) is 1.96. The molecule has 0 radical (unpaired) electrons. The van der Waals surface area contributed by atoms with Crippen LogP contribution < -0.4 is 4.90 Å². The molecule has 0 N–H and O–H groups in total. The van der Waals surface area contributed by atoms with Crippen LogP contribution in [-0.2, 0) is 27.4 Å². The average molecular weight is 396 g/mol. The first-order valence-corrected chi connectivity index (χ1v) is 10.0. The molecule has 3 heterocycles. The lowest BCUT2D eigenvalue weighted by molar-refractivity contribution is -0.144. The summed E-state index contributed by atoms with van der Waals surface area (Å²) in [6.45, 7) is 2.65. The summed E-state index contributed by atoms with van der Waals surface area (Å²) in [6, 6.07) is 11.3. The van der Waals surface area contributed by atoms with Crippen molar-refractivity contribution in [1.29, 1.82) is 0 Å². The highest BCUT2D eigenvalue weighted by atomic mass is 32.1. The molecule has 144 valence electrons. The van der Waals surface area contributed by atoms with Gasteiger partial charge in [0.25, 0.3) is 0 Å². The lowest BCUT2D eigenvalue weighted by Crippen LogP contribution is -2.23. The van der Waals surface area contributed by atoms with Crippen LogP contribution in [0.25, 0.3) is 10.8 Å². The summed E-state index contributed by atoms with van der Waals surface area (Å²) < 4.78 is 11.0. The predicted octanol–water partition coefficient (Wildman–Crippen LogP) is 4.12. The zero-order chi connectivity index (χ0) is 19.5. The largest absolute Gasteiger partial charge is 0.459 e. The zero-order valence-electron chi connectivity index (χ0n) is 15.5. The van der Waals surface area contributed by atoms with Crippen molar-refractivity contribution in [1.82, 2.24) is 4.98 Å². The maximum absolute atomic E-state index is 12.2. The summed E-state index contributed by atoms with van der Waals surface area (Å²) >= 11 is 1.55. The van der Waals surface area contributed by atoms with Gasteiger partial charge in [0.05, 0.1) is 11.3 Å². The molecule has 0 saturated carbocycles. The van der Waals surface area contributed by atoms with E-state index in [0.717, 1.165) is 29.1 Å². The van der Waals surface area contributed by atoms with Gasteiger partial charge in [-0.3, -0.25) is 9.59 Å². The third kappa shape index (κ3) is 3.99. The van der Waals surface area contributed by atoms with Crippen LogP contribution in [0, 0.1) is 6.92 Å². The van der Waals surface area contributed by atoms with Gasteiger partial charge in [-0.25, -0.2) is 4.98 Å². The molecule has 4 rings (SSSR count). The van der Waals surface area contributed by atoms with Crippen LogP contribution in [0.15, 0.2) is 46.2 Å². The van der Waals surface area contributed by atoms with Gasteiger partial charge in [0.15, 0.2) is 0 Å². The van der Waals surface area contributed by atoms with Gasteiger partial charge in [0, 0.05) is 18.7 Å². The number of hydrogen-bond acceptors (Lipinski definition) is 6. The number of rotatable bonds is 6. The number of aryl methyl sites for hydroxylation is 1. The third-order valence-corrected chi connectivity index (χ3v) is 5.52. The van der Waals surface area contributed by atoms with Crippen LogP contribution in [0.3, 0.4) is 0 Å². The lowest BCUT2D eigenvalue weighted by atomic mass is 10.1. The number of ether oxygens (including phenoxy) is 1. The molecule has 1 saturated heterocycles. The number of anilines is 1. The summed E-state index contributed by atoms with van der Waals surface area (Å²) in [4.78, 5) is 31.1. The predicted molar refractivity (Wildman–Crippen MR) is 106 cm³/mol. The molecular weight excluding hydrogens is 376 g/mol. The monoisotopic (exact) mass is 396 g/mol. The van der Waals surface area contributed by atoms with Crippen LogP contribution in [0.2, 0.25) is 0 Å². The van der Waals surface area contributed by atoms with Crippen LogP contribution in [-0.4, -0.2) is 23.4 Å². The molecule has 1 fully saturated rings. The minimum Gasteiger partial charge on any atom is -0.459 e. The van der Waals surface area contributed by atoms with Gasteiger partial charge in [-0.2, -0.15) is 0 Å². The molecule has 6 nitrogen and oxygen atoms in total. The van der Waals surface area contributed by atoms with Gasteiger partial charge in [-0.15, -0.1) is 11.3 Å². The molecule has 1 aromatic carbocycles. The average Bonchev–Trinajstić information content (AvgIpc) is 3.42. The van der Waals surface area contributed by atoms with Gasteiger partial charge >= 0.3 is 5.97 Å². The number of hydrogen-bond donors (Lipinski definition) is 0. The van der Waals surface area contributed by atoms with Crippen LogP contribution in [0.1, 0.15) is 29.9 Å². The molecule has 1 aliphatic heterocycles. The smallest absolute Gasteiger partial charge is 0.310 e. The number of nitrogens with zero attached hydrogens (tertiary/aromatic N) is 2. The number of carbonyl (C=O) groups excluding carboxylic acids is 2. The molecule has 3 aromatic rings. The van der Waals surface area contributed by atoms with Crippen LogP contribution >= 0.6 is 11.3 Å². The second kappa shape index (κ2) is 7.98. The van der Waals surface area contributed by atoms with Crippen molar-refractivity contribution < 1.29 is 18.7 Å². The Balaban J connectivity index is 1.33. The lowest BCUT2D eigenvalue weighted by Gasteiger charge is -2.15.